The minimum absolute atomic E-state index is 0.0561. The molecule has 0 fully saturated rings. The minimum Gasteiger partial charge on any atom is -0.497 e. The van der Waals surface area contributed by atoms with Crippen molar-refractivity contribution >= 4 is 38.2 Å². The lowest BCUT2D eigenvalue weighted by molar-refractivity contribution is 0.102. The summed E-state index contributed by atoms with van der Waals surface area (Å²) < 4.78 is 47.9. The van der Waals surface area contributed by atoms with E-state index in [0.29, 0.717) is 11.4 Å². The highest BCUT2D eigenvalue weighted by Gasteiger charge is 2.22. The molecule has 9 heteroatoms. The molecular formula is C23H18FN3O4S. The second-order valence-electron chi connectivity index (χ2n) is 6.78. The van der Waals surface area contributed by atoms with E-state index in [4.69, 9.17) is 4.74 Å². The molecule has 0 unspecified atom stereocenters. The van der Waals surface area contributed by atoms with Crippen LogP contribution in [0.1, 0.15) is 10.4 Å². The smallest absolute Gasteiger partial charge is 0.262 e. The highest BCUT2D eigenvalue weighted by molar-refractivity contribution is 7.93. The van der Waals surface area contributed by atoms with Crippen molar-refractivity contribution in [2.75, 3.05) is 17.1 Å². The Morgan fingerprint density at radius 3 is 2.62 bits per heavy atom. The second-order valence-corrected chi connectivity index (χ2v) is 8.43. The summed E-state index contributed by atoms with van der Waals surface area (Å²) in [6.07, 6.45) is 1.38. The summed E-state index contributed by atoms with van der Waals surface area (Å²) in [7, 11) is -2.64. The number of para-hydroxylation sites is 1. The van der Waals surface area contributed by atoms with Gasteiger partial charge < -0.3 is 10.1 Å². The molecule has 4 rings (SSSR count). The molecule has 1 amide bonds. The van der Waals surface area contributed by atoms with Crippen LogP contribution in [0.5, 0.6) is 5.75 Å². The number of rotatable bonds is 6. The van der Waals surface area contributed by atoms with Crippen molar-refractivity contribution in [1.29, 1.82) is 0 Å². The van der Waals surface area contributed by atoms with Gasteiger partial charge in [-0.2, -0.15) is 0 Å². The van der Waals surface area contributed by atoms with Crippen LogP contribution in [0.3, 0.4) is 0 Å². The number of ether oxygens (including phenoxy) is 1. The number of aromatic nitrogens is 1. The number of carbonyl (C=O) groups is 1. The first-order valence-corrected chi connectivity index (χ1v) is 11.0. The number of hydrogen-bond donors (Lipinski definition) is 2. The zero-order valence-corrected chi connectivity index (χ0v) is 17.7. The fraction of sp³-hybridized carbons (Fsp3) is 0.0435. The highest BCUT2D eigenvalue weighted by Crippen LogP contribution is 2.27. The molecule has 0 atom stereocenters. The number of nitrogens with one attached hydrogen (secondary N) is 2. The molecular weight excluding hydrogens is 433 g/mol. The lowest BCUT2D eigenvalue weighted by Crippen LogP contribution is -2.19. The zero-order chi connectivity index (χ0) is 22.7. The van der Waals surface area contributed by atoms with E-state index in [1.54, 1.807) is 36.4 Å². The van der Waals surface area contributed by atoms with Gasteiger partial charge in [0.1, 0.15) is 17.1 Å². The number of pyridine rings is 1. The van der Waals surface area contributed by atoms with Crippen molar-refractivity contribution in [2.45, 2.75) is 4.90 Å². The van der Waals surface area contributed by atoms with Crippen molar-refractivity contribution < 1.29 is 22.3 Å². The Bertz CT molecular complexity index is 1420. The first-order chi connectivity index (χ1) is 15.4. The Morgan fingerprint density at radius 2 is 1.81 bits per heavy atom. The van der Waals surface area contributed by atoms with Gasteiger partial charge in [0.15, 0.2) is 0 Å². The summed E-state index contributed by atoms with van der Waals surface area (Å²) in [5.41, 5.74) is 0.625. The first-order valence-electron chi connectivity index (χ1n) is 9.49. The van der Waals surface area contributed by atoms with Crippen LogP contribution in [0.2, 0.25) is 0 Å². The van der Waals surface area contributed by atoms with Gasteiger partial charge >= 0.3 is 0 Å². The molecule has 0 radical (unpaired) electrons. The van der Waals surface area contributed by atoms with Gasteiger partial charge in [-0.1, -0.05) is 18.2 Å². The molecule has 0 aliphatic heterocycles. The van der Waals surface area contributed by atoms with Gasteiger partial charge in [0.2, 0.25) is 0 Å². The third-order valence-electron chi connectivity index (χ3n) is 4.71. The van der Waals surface area contributed by atoms with Gasteiger partial charge in [0.05, 0.1) is 23.3 Å². The van der Waals surface area contributed by atoms with Crippen LogP contribution in [-0.4, -0.2) is 26.4 Å². The number of anilines is 2. The van der Waals surface area contributed by atoms with Gasteiger partial charge in [-0.25, -0.2) is 12.8 Å². The molecule has 0 saturated heterocycles. The van der Waals surface area contributed by atoms with E-state index in [2.05, 4.69) is 15.0 Å². The maximum absolute atomic E-state index is 14.1. The number of nitrogens with zero attached hydrogens (tertiary/aromatic N) is 1. The molecule has 2 N–H and O–H groups in total. The summed E-state index contributed by atoms with van der Waals surface area (Å²) in [5.74, 6) is -0.576. The van der Waals surface area contributed by atoms with Gasteiger partial charge in [-0.15, -0.1) is 0 Å². The van der Waals surface area contributed by atoms with Crippen molar-refractivity contribution in [3.05, 3.63) is 90.4 Å². The molecule has 32 heavy (non-hydrogen) atoms. The summed E-state index contributed by atoms with van der Waals surface area (Å²) >= 11 is 0. The summed E-state index contributed by atoms with van der Waals surface area (Å²) in [5, 5.41) is 2.86. The van der Waals surface area contributed by atoms with Gasteiger partial charge in [0, 0.05) is 23.3 Å². The van der Waals surface area contributed by atoms with Gasteiger partial charge in [-0.3, -0.25) is 14.5 Å². The SMILES string of the molecule is COc1cccc(NC(=O)c2ccccc2NS(=O)(=O)c2ccc(F)c3ncccc23)c1. The normalized spacial score (nSPS) is 11.2. The lowest BCUT2D eigenvalue weighted by Gasteiger charge is -2.14. The van der Waals surface area contributed by atoms with Gasteiger partial charge in [-0.05, 0) is 48.5 Å². The van der Waals surface area contributed by atoms with Crippen molar-refractivity contribution in [1.82, 2.24) is 4.98 Å². The predicted molar refractivity (Wildman–Crippen MR) is 120 cm³/mol. The number of benzene rings is 3. The van der Waals surface area contributed by atoms with Crippen LogP contribution in [-0.2, 0) is 10.0 Å². The Kier molecular flexibility index (Phi) is 5.74. The van der Waals surface area contributed by atoms with E-state index in [1.807, 2.05) is 0 Å². The van der Waals surface area contributed by atoms with E-state index in [-0.39, 0.29) is 27.0 Å². The van der Waals surface area contributed by atoms with Crippen molar-refractivity contribution in [3.8, 4) is 5.75 Å². The molecule has 0 spiro atoms. The summed E-state index contributed by atoms with van der Waals surface area (Å²) in [6.45, 7) is 0. The molecule has 0 bridgehead atoms. The number of sulfonamides is 1. The fourth-order valence-corrected chi connectivity index (χ4v) is 4.49. The zero-order valence-electron chi connectivity index (χ0n) is 16.9. The van der Waals surface area contributed by atoms with Crippen LogP contribution in [0, 0.1) is 5.82 Å². The molecule has 1 heterocycles. The summed E-state index contributed by atoms with van der Waals surface area (Å²) in [4.78, 5) is 16.6. The number of methoxy groups -OCH3 is 1. The Labute approximate surface area is 183 Å². The number of amides is 1. The summed E-state index contributed by atoms with van der Waals surface area (Å²) in [6, 6.07) is 18.2. The van der Waals surface area contributed by atoms with E-state index >= 15 is 0 Å². The molecule has 0 saturated carbocycles. The quantitative estimate of drug-likeness (QED) is 0.452. The van der Waals surface area contributed by atoms with Crippen LogP contribution in [0.4, 0.5) is 15.8 Å². The predicted octanol–water partition coefficient (Wildman–Crippen LogP) is 4.44. The molecule has 0 aliphatic carbocycles. The number of halogens is 1. The molecule has 162 valence electrons. The first kappa shape index (κ1) is 21.3. The van der Waals surface area contributed by atoms with Crippen LogP contribution in [0.15, 0.2) is 83.9 Å². The maximum atomic E-state index is 14.1. The topological polar surface area (TPSA) is 97.4 Å². The number of fused-ring (bicyclic) bond motifs is 1. The molecule has 3 aromatic carbocycles. The number of hydrogen-bond acceptors (Lipinski definition) is 5. The third-order valence-corrected chi connectivity index (χ3v) is 6.14. The molecule has 4 aromatic rings. The average Bonchev–Trinajstić information content (AvgIpc) is 2.79. The standard InChI is InChI=1S/C23H18FN3O4S/c1-31-16-7-4-6-15(14-16)26-23(28)17-8-2-3-10-20(17)27-32(29,30)21-12-11-19(24)22-18(21)9-5-13-25-22/h2-14,27H,1H3,(H,26,28). The largest absolute Gasteiger partial charge is 0.497 e. The van der Waals surface area contributed by atoms with E-state index < -0.39 is 21.7 Å². The highest BCUT2D eigenvalue weighted by atomic mass is 32.2. The minimum atomic E-state index is -4.15. The monoisotopic (exact) mass is 451 g/mol. The number of carbonyl (C=O) groups excluding carboxylic acids is 1. The Balaban J connectivity index is 1.67. The Morgan fingerprint density at radius 1 is 1.00 bits per heavy atom. The van der Waals surface area contributed by atoms with Crippen molar-refractivity contribution in [3.63, 3.8) is 0 Å². The van der Waals surface area contributed by atoms with Crippen LogP contribution in [0.25, 0.3) is 10.9 Å². The van der Waals surface area contributed by atoms with E-state index in [1.165, 1.54) is 43.6 Å². The third kappa shape index (κ3) is 4.23. The lowest BCUT2D eigenvalue weighted by atomic mass is 10.1. The molecule has 1 aromatic heterocycles. The average molecular weight is 451 g/mol. The van der Waals surface area contributed by atoms with Crippen LogP contribution < -0.4 is 14.8 Å². The van der Waals surface area contributed by atoms with Crippen molar-refractivity contribution in [2.24, 2.45) is 0 Å². The molecule has 0 aliphatic rings. The Hall–Kier alpha value is -3.98. The van der Waals surface area contributed by atoms with Gasteiger partial charge in [0.25, 0.3) is 15.9 Å². The fourth-order valence-electron chi connectivity index (χ4n) is 3.22. The van der Waals surface area contributed by atoms with Crippen LogP contribution >= 0.6 is 0 Å². The van der Waals surface area contributed by atoms with E-state index in [0.717, 1.165) is 6.07 Å². The molecule has 7 nitrogen and oxygen atoms in total. The maximum Gasteiger partial charge on any atom is 0.262 e. The second kappa shape index (κ2) is 8.64. The van der Waals surface area contributed by atoms with E-state index in [9.17, 15) is 17.6 Å².